The van der Waals surface area contributed by atoms with E-state index in [9.17, 15) is 0 Å². The van der Waals surface area contributed by atoms with Crippen molar-refractivity contribution in [2.45, 2.75) is 54.0 Å². The number of fused-ring (bicyclic) bond motifs is 11. The van der Waals surface area contributed by atoms with Crippen LogP contribution in [0, 0.1) is 11.8 Å². The van der Waals surface area contributed by atoms with E-state index in [2.05, 4.69) is 249 Å². The number of piperidine rings is 2. The second kappa shape index (κ2) is 16.1. The Labute approximate surface area is 454 Å². The van der Waals surface area contributed by atoms with Crippen LogP contribution in [0.15, 0.2) is 234 Å². The van der Waals surface area contributed by atoms with Crippen LogP contribution in [0.1, 0.15) is 32.1 Å². The Morgan fingerprint density at radius 2 is 0.779 bits per heavy atom. The molecule has 4 bridgehead atoms. The summed E-state index contributed by atoms with van der Waals surface area (Å²) in [6.07, 6.45) is 6.78. The number of rotatable bonds is 5. The zero-order valence-corrected chi connectivity index (χ0v) is 43.3. The highest BCUT2D eigenvalue weighted by molar-refractivity contribution is 8.00. The molecular weight excluding hydrogens is 952 g/mol. The van der Waals surface area contributed by atoms with Crippen LogP contribution in [0.5, 0.6) is 0 Å². The maximum Gasteiger partial charge on any atom is 0.252 e. The normalized spacial score (nSPS) is 19.7. The fraction of sp³-hybridized carbons (Fsp3) is 0.130. The minimum atomic E-state index is -0.0405. The smallest absolute Gasteiger partial charge is 0.252 e. The number of nitrogens with zero attached hydrogens (tertiary/aromatic N) is 5. The van der Waals surface area contributed by atoms with E-state index >= 15 is 0 Å². The van der Waals surface area contributed by atoms with Crippen LogP contribution in [0.3, 0.4) is 0 Å². The van der Waals surface area contributed by atoms with Crippen molar-refractivity contribution in [1.29, 1.82) is 0 Å². The SMILES string of the molecule is c1ccc(N2c3ccccc3B3c4cc5c(cc4Sc4cc(N6C7CC8CC(C7)CC6C8)cc2c43)N(c2ccccc2)c2cc(-n3c4ccccc4c4ccccc43)cc3c2B5c2ccccc2N3c2ccccc2)cc1. The Morgan fingerprint density at radius 1 is 0.325 bits per heavy atom. The molecule has 0 unspecified atom stereocenters. The number of para-hydroxylation sites is 7. The number of hydrogen-bond donors (Lipinski definition) is 0. The van der Waals surface area contributed by atoms with E-state index in [4.69, 9.17) is 0 Å². The van der Waals surface area contributed by atoms with Gasteiger partial charge in [0, 0.05) is 89.5 Å². The summed E-state index contributed by atoms with van der Waals surface area (Å²) in [6, 6.07) is 86.6. The minimum Gasteiger partial charge on any atom is -0.365 e. The molecule has 1 aromatic heterocycles. The number of aromatic nitrogens is 1. The van der Waals surface area contributed by atoms with Crippen molar-refractivity contribution in [2.75, 3.05) is 19.6 Å². The van der Waals surface area contributed by atoms with Crippen molar-refractivity contribution < 1.29 is 0 Å². The predicted molar refractivity (Wildman–Crippen MR) is 325 cm³/mol. The number of hydrogen-bond acceptors (Lipinski definition) is 5. The fourth-order valence-corrected chi connectivity index (χ4v) is 17.3. The molecule has 0 amide bonds. The van der Waals surface area contributed by atoms with Gasteiger partial charge in [-0.05, 0) is 162 Å². The lowest BCUT2D eigenvalue weighted by atomic mass is 9.31. The molecule has 10 aromatic carbocycles. The van der Waals surface area contributed by atoms with Crippen molar-refractivity contribution in [2.24, 2.45) is 11.8 Å². The zero-order valence-electron chi connectivity index (χ0n) is 42.5. The standard InChI is InChI=1S/C69H51B2N5S/c1-4-18-45(19-5-1)73-60-30-16-12-26-54(60)70-56-41-57-66(42-62(56)75(47-22-8-3-9-23-47)64-38-50(37-63(73)68(64)70)76-58-28-14-10-24-52(58)53-25-11-15-29-59(53)76)77-67-40-51(72-48-33-43-32-44(35-48)36-49(72)34-43)39-65-69(67)71(57)55-27-13-17-31-61(55)74(65)46-20-6-2-7-21-46/h1-31,37-44,48-49H,32-36H2. The van der Waals surface area contributed by atoms with Gasteiger partial charge in [0.25, 0.3) is 6.71 Å². The summed E-state index contributed by atoms with van der Waals surface area (Å²) in [6.45, 7) is 0.00452. The average Bonchev–Trinajstić information content (AvgIpc) is 3.91. The summed E-state index contributed by atoms with van der Waals surface area (Å²) in [7, 11) is 0. The molecule has 2 saturated carbocycles. The second-order valence-corrected chi connectivity index (χ2v) is 23.9. The molecule has 2 saturated heterocycles. The molecule has 0 N–H and O–H groups in total. The first kappa shape index (κ1) is 42.9. The maximum atomic E-state index is 2.91. The molecule has 4 fully saturated rings. The molecule has 19 rings (SSSR count). The van der Waals surface area contributed by atoms with Crippen molar-refractivity contribution in [3.8, 4) is 5.69 Å². The zero-order chi connectivity index (χ0) is 50.0. The summed E-state index contributed by atoms with van der Waals surface area (Å²) >= 11 is 2.01. The van der Waals surface area contributed by atoms with Gasteiger partial charge in [-0.25, -0.2) is 0 Å². The van der Waals surface area contributed by atoms with Crippen LogP contribution in [0.4, 0.5) is 56.9 Å². The largest absolute Gasteiger partial charge is 0.365 e. The Kier molecular flexibility index (Phi) is 8.96. The summed E-state index contributed by atoms with van der Waals surface area (Å²) in [4.78, 5) is 13.4. The van der Waals surface area contributed by atoms with Crippen LogP contribution in [-0.4, -0.2) is 30.1 Å². The highest BCUT2D eigenvalue weighted by Gasteiger charge is 2.50. The summed E-state index contributed by atoms with van der Waals surface area (Å²) < 4.78 is 2.51. The van der Waals surface area contributed by atoms with Crippen LogP contribution in [-0.2, 0) is 0 Å². The van der Waals surface area contributed by atoms with E-state index in [1.807, 2.05) is 11.8 Å². The third-order valence-electron chi connectivity index (χ3n) is 18.8. The van der Waals surface area contributed by atoms with Gasteiger partial charge in [-0.1, -0.05) is 151 Å². The van der Waals surface area contributed by atoms with Gasteiger partial charge in [-0.15, -0.1) is 0 Å². The van der Waals surface area contributed by atoms with E-state index < -0.39 is 0 Å². The van der Waals surface area contributed by atoms with Crippen LogP contribution < -0.4 is 52.4 Å². The fourth-order valence-electron chi connectivity index (χ4n) is 16.1. The molecule has 364 valence electrons. The Hall–Kier alpha value is -8.32. The lowest BCUT2D eigenvalue weighted by Crippen LogP contribution is -2.64. The highest BCUT2D eigenvalue weighted by atomic mass is 32.2. The molecule has 0 radical (unpaired) electrons. The molecule has 0 atom stereocenters. The molecule has 6 aliphatic heterocycles. The van der Waals surface area contributed by atoms with Crippen molar-refractivity contribution in [1.82, 2.24) is 4.57 Å². The maximum absolute atomic E-state index is 2.91. The minimum absolute atomic E-state index is 0.0405. The third kappa shape index (κ3) is 6.05. The quantitative estimate of drug-likeness (QED) is 0.159. The van der Waals surface area contributed by atoms with Gasteiger partial charge in [-0.2, -0.15) is 0 Å². The Bertz CT molecular complexity index is 4190. The lowest BCUT2D eigenvalue weighted by molar-refractivity contribution is 0.0900. The Morgan fingerprint density at radius 3 is 1.34 bits per heavy atom. The molecule has 77 heavy (non-hydrogen) atoms. The average molecular weight is 1000 g/mol. The molecule has 7 heterocycles. The summed E-state index contributed by atoms with van der Waals surface area (Å²) in [5.41, 5.74) is 24.1. The molecular formula is C69H51B2N5S. The van der Waals surface area contributed by atoms with Crippen LogP contribution >= 0.6 is 11.8 Å². The number of benzene rings is 10. The molecule has 0 spiro atoms. The molecule has 5 nitrogen and oxygen atoms in total. The Balaban J connectivity index is 0.916. The van der Waals surface area contributed by atoms with Gasteiger partial charge in [0.2, 0.25) is 6.71 Å². The van der Waals surface area contributed by atoms with Gasteiger partial charge >= 0.3 is 0 Å². The number of anilines is 10. The van der Waals surface area contributed by atoms with E-state index in [0.29, 0.717) is 12.1 Å². The molecule has 2 aliphatic carbocycles. The van der Waals surface area contributed by atoms with Gasteiger partial charge in [0.05, 0.1) is 16.7 Å². The molecule has 8 heteroatoms. The lowest BCUT2D eigenvalue weighted by Gasteiger charge is -2.57. The van der Waals surface area contributed by atoms with Crippen molar-refractivity contribution in [3.63, 3.8) is 0 Å². The summed E-state index contributed by atoms with van der Waals surface area (Å²) in [5, 5.41) is 2.52. The monoisotopic (exact) mass is 1000 g/mol. The summed E-state index contributed by atoms with van der Waals surface area (Å²) in [5.74, 6) is 1.78. The first-order valence-electron chi connectivity index (χ1n) is 27.9. The predicted octanol–water partition coefficient (Wildman–Crippen LogP) is 13.4. The van der Waals surface area contributed by atoms with E-state index in [0.717, 1.165) is 28.9 Å². The van der Waals surface area contributed by atoms with E-state index in [1.54, 1.807) is 0 Å². The van der Waals surface area contributed by atoms with E-state index in [-0.39, 0.29) is 13.4 Å². The molecule has 8 aliphatic rings. The molecule has 11 aromatic rings. The van der Waals surface area contributed by atoms with Crippen molar-refractivity contribution >= 4 is 137 Å². The topological polar surface area (TPSA) is 17.9 Å². The van der Waals surface area contributed by atoms with Gasteiger partial charge in [0.15, 0.2) is 0 Å². The van der Waals surface area contributed by atoms with Gasteiger partial charge in [0.1, 0.15) is 0 Å². The van der Waals surface area contributed by atoms with Crippen LogP contribution in [0.2, 0.25) is 0 Å². The van der Waals surface area contributed by atoms with Crippen molar-refractivity contribution in [3.05, 3.63) is 224 Å². The van der Waals surface area contributed by atoms with E-state index in [1.165, 1.54) is 142 Å². The van der Waals surface area contributed by atoms with Crippen LogP contribution in [0.25, 0.3) is 27.5 Å². The second-order valence-electron chi connectivity index (χ2n) is 22.8. The van der Waals surface area contributed by atoms with Gasteiger partial charge < -0.3 is 24.2 Å². The third-order valence-corrected chi connectivity index (χ3v) is 19.9. The highest BCUT2D eigenvalue weighted by Crippen LogP contribution is 2.54. The van der Waals surface area contributed by atoms with Gasteiger partial charge in [-0.3, -0.25) is 0 Å². The first-order chi connectivity index (χ1) is 38.2. The first-order valence-corrected chi connectivity index (χ1v) is 28.7.